The Morgan fingerprint density at radius 1 is 0.878 bits per heavy atom. The molecule has 1 aliphatic heterocycles. The molecular formula is C30H22ClN3O6S. The lowest BCUT2D eigenvalue weighted by Gasteiger charge is -2.12. The van der Waals surface area contributed by atoms with Crippen LogP contribution >= 0.6 is 11.6 Å². The number of fused-ring (bicyclic) bond motifs is 5. The summed E-state index contributed by atoms with van der Waals surface area (Å²) < 4.78 is 29.1. The lowest BCUT2D eigenvalue weighted by molar-refractivity contribution is -0.119. The summed E-state index contributed by atoms with van der Waals surface area (Å²) >= 11 is 6.50. The van der Waals surface area contributed by atoms with Crippen molar-refractivity contribution in [1.29, 1.82) is 0 Å². The van der Waals surface area contributed by atoms with E-state index in [1.807, 2.05) is 4.57 Å². The first kappa shape index (κ1) is 26.5. The van der Waals surface area contributed by atoms with Crippen molar-refractivity contribution < 1.29 is 27.9 Å². The smallest absolute Gasteiger partial charge is 0.264 e. The number of nitrogens with one attached hydrogen (secondary N) is 2. The molecule has 3 amide bonds. The quantitative estimate of drug-likeness (QED) is 0.230. The Kier molecular flexibility index (Phi) is 6.51. The van der Waals surface area contributed by atoms with Gasteiger partial charge in [0.25, 0.3) is 21.8 Å². The van der Waals surface area contributed by atoms with Crippen LogP contribution < -0.4 is 10.0 Å². The van der Waals surface area contributed by atoms with Crippen LogP contribution in [0.15, 0.2) is 83.8 Å². The average Bonchev–Trinajstić information content (AvgIpc) is 3.41. The van der Waals surface area contributed by atoms with E-state index in [0.29, 0.717) is 38.0 Å². The number of halogens is 1. The Morgan fingerprint density at radius 2 is 1.59 bits per heavy atom. The molecule has 0 bridgehead atoms. The molecule has 0 spiro atoms. The van der Waals surface area contributed by atoms with Crippen LogP contribution in [0.3, 0.4) is 0 Å². The normalized spacial score (nSPS) is 13.0. The standard InChI is InChI=1S/C30H22ClN3O6S/c31-22-10-5-4-9-19(22)20-16-24-26(28-27(20)29(37)32-30(28)38)21-15-17(35)12-13-23(21)34(24)14-6-11-25(36)33-41(39,40)18-7-2-1-3-8-18/h1-5,7-10,12-13,15-16,35H,6,11,14H2,(H,33,36)(H,32,37,38). The van der Waals surface area contributed by atoms with E-state index in [4.69, 9.17) is 11.6 Å². The topological polar surface area (TPSA) is 135 Å². The molecule has 6 rings (SSSR count). The summed E-state index contributed by atoms with van der Waals surface area (Å²) in [5.41, 5.74) is 2.69. The second-order valence-corrected chi connectivity index (χ2v) is 11.7. The maximum absolute atomic E-state index is 13.1. The van der Waals surface area contributed by atoms with Crippen LogP contribution in [-0.2, 0) is 21.4 Å². The van der Waals surface area contributed by atoms with Gasteiger partial charge in [0.05, 0.1) is 21.5 Å². The minimum absolute atomic E-state index is 0.00987. The lowest BCUT2D eigenvalue weighted by atomic mass is 9.93. The summed E-state index contributed by atoms with van der Waals surface area (Å²) in [7, 11) is -4.00. The molecule has 11 heteroatoms. The Labute approximate surface area is 239 Å². The molecule has 0 saturated heterocycles. The van der Waals surface area contributed by atoms with Crippen molar-refractivity contribution in [3.05, 3.63) is 95.0 Å². The van der Waals surface area contributed by atoms with E-state index in [9.17, 15) is 27.9 Å². The molecule has 0 atom stereocenters. The first-order chi connectivity index (χ1) is 19.7. The predicted octanol–water partition coefficient (Wildman–Crippen LogP) is 4.99. The van der Waals surface area contributed by atoms with Gasteiger partial charge in [-0.25, -0.2) is 13.1 Å². The molecule has 9 nitrogen and oxygen atoms in total. The molecule has 0 aliphatic carbocycles. The highest BCUT2D eigenvalue weighted by molar-refractivity contribution is 7.90. The number of hydrogen-bond donors (Lipinski definition) is 3. The van der Waals surface area contributed by atoms with E-state index in [-0.39, 0.29) is 41.2 Å². The van der Waals surface area contributed by atoms with E-state index in [1.165, 1.54) is 24.3 Å². The monoisotopic (exact) mass is 587 g/mol. The van der Waals surface area contributed by atoms with Gasteiger partial charge in [-0.1, -0.05) is 48.0 Å². The van der Waals surface area contributed by atoms with Crippen LogP contribution in [0.25, 0.3) is 32.9 Å². The van der Waals surface area contributed by atoms with Gasteiger partial charge in [0.2, 0.25) is 5.91 Å². The maximum atomic E-state index is 13.1. The highest BCUT2D eigenvalue weighted by Crippen LogP contribution is 2.42. The molecule has 1 aliphatic rings. The molecule has 5 aromatic rings. The third kappa shape index (κ3) is 4.60. The number of carbonyl (C=O) groups excluding carboxylic acids is 3. The fourth-order valence-electron chi connectivity index (χ4n) is 5.32. The highest BCUT2D eigenvalue weighted by atomic mass is 35.5. The van der Waals surface area contributed by atoms with Gasteiger partial charge in [0.15, 0.2) is 0 Å². The lowest BCUT2D eigenvalue weighted by Crippen LogP contribution is -2.30. The minimum atomic E-state index is -4.00. The summed E-state index contributed by atoms with van der Waals surface area (Å²) in [6.45, 7) is 0.278. The largest absolute Gasteiger partial charge is 0.508 e. The number of benzene rings is 4. The Balaban J connectivity index is 1.42. The van der Waals surface area contributed by atoms with Crippen LogP contribution in [-0.4, -0.2) is 35.8 Å². The number of imide groups is 1. The van der Waals surface area contributed by atoms with E-state index < -0.39 is 27.7 Å². The summed E-state index contributed by atoms with van der Waals surface area (Å²) in [5, 5.41) is 14.1. The van der Waals surface area contributed by atoms with Crippen molar-refractivity contribution in [2.24, 2.45) is 0 Å². The highest BCUT2D eigenvalue weighted by Gasteiger charge is 2.35. The SMILES string of the molecule is O=C(CCCn1c2ccc(O)cc2c2c3c(c(-c4ccccc4Cl)cc21)C(=O)NC3=O)NS(=O)(=O)c1ccccc1. The first-order valence-electron chi connectivity index (χ1n) is 12.7. The zero-order chi connectivity index (χ0) is 28.9. The number of hydrogen-bond acceptors (Lipinski definition) is 6. The molecule has 206 valence electrons. The van der Waals surface area contributed by atoms with Crippen molar-refractivity contribution >= 4 is 61.2 Å². The number of phenols is 1. The van der Waals surface area contributed by atoms with Gasteiger partial charge in [0, 0.05) is 39.8 Å². The van der Waals surface area contributed by atoms with Crippen molar-refractivity contribution in [1.82, 2.24) is 14.6 Å². The zero-order valence-corrected chi connectivity index (χ0v) is 22.9. The predicted molar refractivity (Wildman–Crippen MR) is 154 cm³/mol. The number of phenolic OH excluding ortho intramolecular Hbond substituents is 1. The molecular weight excluding hydrogens is 566 g/mol. The van der Waals surface area contributed by atoms with Gasteiger partial charge in [-0.15, -0.1) is 0 Å². The van der Waals surface area contributed by atoms with Crippen molar-refractivity contribution in [2.75, 3.05) is 0 Å². The van der Waals surface area contributed by atoms with E-state index >= 15 is 0 Å². The van der Waals surface area contributed by atoms with Gasteiger partial charge >= 0.3 is 0 Å². The molecule has 0 saturated carbocycles. The molecule has 0 fully saturated rings. The fourth-order valence-corrected chi connectivity index (χ4v) is 6.60. The van der Waals surface area contributed by atoms with Crippen LogP contribution in [0.2, 0.25) is 5.02 Å². The fraction of sp³-hybridized carbons (Fsp3) is 0.100. The van der Waals surface area contributed by atoms with Gasteiger partial charge < -0.3 is 9.67 Å². The molecule has 4 aromatic carbocycles. The third-order valence-corrected chi connectivity index (χ3v) is 8.79. The van der Waals surface area contributed by atoms with E-state index in [1.54, 1.807) is 54.6 Å². The van der Waals surface area contributed by atoms with E-state index in [0.717, 1.165) is 0 Å². The molecule has 0 radical (unpaired) electrons. The molecule has 0 unspecified atom stereocenters. The molecule has 41 heavy (non-hydrogen) atoms. The second kappa shape index (κ2) is 10.1. The van der Waals surface area contributed by atoms with Gasteiger partial charge in [-0.3, -0.25) is 19.7 Å². The number of amides is 3. The van der Waals surface area contributed by atoms with Crippen molar-refractivity contribution in [2.45, 2.75) is 24.3 Å². The zero-order valence-electron chi connectivity index (χ0n) is 21.3. The number of sulfonamides is 1. The van der Waals surface area contributed by atoms with Crippen LogP contribution in [0.4, 0.5) is 0 Å². The number of nitrogens with zero attached hydrogens (tertiary/aromatic N) is 1. The number of aromatic nitrogens is 1. The van der Waals surface area contributed by atoms with Gasteiger partial charge in [0.1, 0.15) is 5.75 Å². The number of aromatic hydroxyl groups is 1. The molecule has 1 aromatic heterocycles. The summed E-state index contributed by atoms with van der Waals surface area (Å²) in [6, 6.07) is 21.1. The van der Waals surface area contributed by atoms with Crippen LogP contribution in [0.1, 0.15) is 33.6 Å². The first-order valence-corrected chi connectivity index (χ1v) is 14.5. The molecule has 3 N–H and O–H groups in total. The van der Waals surface area contributed by atoms with Gasteiger partial charge in [-0.2, -0.15) is 0 Å². The van der Waals surface area contributed by atoms with Crippen molar-refractivity contribution in [3.8, 4) is 16.9 Å². The Hall–Kier alpha value is -4.67. The summed E-state index contributed by atoms with van der Waals surface area (Å²) in [4.78, 5) is 38.7. The number of rotatable bonds is 7. The second-order valence-electron chi connectivity index (χ2n) is 9.63. The minimum Gasteiger partial charge on any atom is -0.508 e. The maximum Gasteiger partial charge on any atom is 0.264 e. The number of aryl methyl sites for hydroxylation is 1. The number of carbonyl (C=O) groups is 3. The summed E-state index contributed by atoms with van der Waals surface area (Å²) in [6.07, 6.45) is 0.173. The van der Waals surface area contributed by atoms with E-state index in [2.05, 4.69) is 10.0 Å². The van der Waals surface area contributed by atoms with Gasteiger partial charge in [-0.05, 0) is 54.4 Å². The van der Waals surface area contributed by atoms with Crippen LogP contribution in [0.5, 0.6) is 5.75 Å². The average molecular weight is 588 g/mol. The summed E-state index contributed by atoms with van der Waals surface area (Å²) in [5.74, 6) is -1.78. The Morgan fingerprint density at radius 3 is 2.34 bits per heavy atom. The third-order valence-electron chi connectivity index (χ3n) is 7.07. The molecule has 2 heterocycles. The van der Waals surface area contributed by atoms with Crippen LogP contribution in [0, 0.1) is 0 Å². The van der Waals surface area contributed by atoms with Crippen molar-refractivity contribution in [3.63, 3.8) is 0 Å². The Bertz CT molecular complexity index is 2020.